The second-order valence-electron chi connectivity index (χ2n) is 12.5. The Kier molecular flexibility index (Phi) is 13.0. The number of ether oxygens (including phenoxy) is 2. The molecule has 0 heterocycles. The smallest absolute Gasteiger partial charge is 0.329 e. The maximum Gasteiger partial charge on any atom is 0.329 e. The van der Waals surface area contributed by atoms with Gasteiger partial charge in [0.1, 0.15) is 32.1 Å². The summed E-state index contributed by atoms with van der Waals surface area (Å²) in [6.07, 6.45) is 1.72. The third kappa shape index (κ3) is 10.8. The number of esters is 1. The minimum Gasteiger partial charge on any atom is -0.489 e. The van der Waals surface area contributed by atoms with Crippen LogP contribution in [0.25, 0.3) is 0 Å². The first-order chi connectivity index (χ1) is 24.8. The second-order valence-corrected chi connectivity index (χ2v) is 18.5. The molecule has 2 atom stereocenters. The molecule has 0 spiro atoms. The molecule has 0 saturated heterocycles. The lowest BCUT2D eigenvalue weighted by molar-refractivity contribution is -0.147. The topological polar surface area (TPSA) is 116 Å². The Morgan fingerprint density at radius 2 is 1.35 bits per heavy atom. The predicted octanol–water partition coefficient (Wildman–Crippen LogP) is 7.92. The Hall–Kier alpha value is -4.40. The molecule has 270 valence electrons. The van der Waals surface area contributed by atoms with Crippen LogP contribution in [0.4, 0.5) is 0 Å². The summed E-state index contributed by atoms with van der Waals surface area (Å²) in [5.74, 6) is -0.815. The molecule has 0 aliphatic rings. The monoisotopic (exact) mass is 777 g/mol. The number of carbonyl (C=O) groups is 2. The van der Waals surface area contributed by atoms with Crippen molar-refractivity contribution < 1.29 is 32.0 Å². The van der Waals surface area contributed by atoms with Crippen molar-refractivity contribution >= 4 is 57.4 Å². The molecule has 0 fully saturated rings. The maximum absolute atomic E-state index is 13.9. The van der Waals surface area contributed by atoms with Crippen molar-refractivity contribution in [3.8, 4) is 5.75 Å². The molecule has 0 aromatic heterocycles. The van der Waals surface area contributed by atoms with Gasteiger partial charge in [-0.3, -0.25) is 4.79 Å². The molecule has 5 aromatic rings. The molecule has 0 radical (unpaired) electrons. The lowest BCUT2D eigenvalue weighted by Crippen LogP contribution is -2.43. The summed E-state index contributed by atoms with van der Waals surface area (Å²) in [5.41, 5.74) is 2.91. The summed E-state index contributed by atoms with van der Waals surface area (Å²) >= 11 is 13.2. The van der Waals surface area contributed by atoms with Gasteiger partial charge in [0.05, 0.1) is 20.5 Å². The van der Waals surface area contributed by atoms with Crippen molar-refractivity contribution in [3.63, 3.8) is 0 Å². The van der Waals surface area contributed by atoms with Gasteiger partial charge in [-0.15, -0.1) is 0 Å². The minimum absolute atomic E-state index is 0.0298. The number of sulfone groups is 1. The normalized spacial score (nSPS) is 13.1. The minimum atomic E-state index is -3.51. The average Bonchev–Trinajstić information content (AvgIpc) is 3.12. The van der Waals surface area contributed by atoms with Gasteiger partial charge < -0.3 is 19.4 Å². The van der Waals surface area contributed by atoms with Gasteiger partial charge in [0.2, 0.25) is 0 Å². The van der Waals surface area contributed by atoms with Crippen LogP contribution in [0.5, 0.6) is 5.75 Å². The van der Waals surface area contributed by atoms with Crippen LogP contribution in [0.3, 0.4) is 0 Å². The standard InChI is InChI=1S/C40H38Cl2NO7PS/c1-51(46,33-17-10-16-32(25-33)49-26-28-11-5-3-6-12-28)20-19-31-22-35(41)38(36(42)23-31)39(44)43-37(40(45)50-27-29-13-7-4-8-14-29)24-30-15-9-18-34(21-30)52(2,47)48/h3-18,21-23,25,37H,19-20,24,26-27H2,1-2H3,(H,43,44)/t37-,51+/m0/s1. The molecule has 12 heteroatoms. The SMILES string of the molecule is C[P@@](=O)(CCc1cc(Cl)c(C(=O)N[C@@H](Cc2cccc(S(C)(=O)=O)c2)C(=O)OCc2ccccc2)c(Cl)c1)c1cccc(OCc2ccccc2)c1. The first-order valence-corrected chi connectivity index (χ1v) is 21.4. The van der Waals surface area contributed by atoms with Gasteiger partial charge in [-0.05, 0) is 71.7 Å². The van der Waals surface area contributed by atoms with E-state index in [1.54, 1.807) is 49.1 Å². The van der Waals surface area contributed by atoms with Crippen LogP contribution < -0.4 is 15.4 Å². The van der Waals surface area contributed by atoms with Crippen LogP contribution in [0, 0.1) is 0 Å². The van der Waals surface area contributed by atoms with Crippen LogP contribution >= 0.6 is 30.3 Å². The summed E-state index contributed by atoms with van der Waals surface area (Å²) in [7, 11) is -6.35. The highest BCUT2D eigenvalue weighted by Crippen LogP contribution is 2.42. The third-order valence-electron chi connectivity index (χ3n) is 8.35. The number of benzene rings is 5. The summed E-state index contributed by atoms with van der Waals surface area (Å²) in [5, 5.41) is 3.48. The number of halogens is 2. The zero-order valence-electron chi connectivity index (χ0n) is 28.6. The van der Waals surface area contributed by atoms with E-state index < -0.39 is 34.9 Å². The Balaban J connectivity index is 1.28. The molecule has 1 amide bonds. The lowest BCUT2D eigenvalue weighted by atomic mass is 10.0. The summed E-state index contributed by atoms with van der Waals surface area (Å²) in [6.45, 7) is 2.08. The van der Waals surface area contributed by atoms with Crippen molar-refractivity contribution in [2.75, 3.05) is 19.1 Å². The third-order valence-corrected chi connectivity index (χ3v) is 12.5. The molecule has 0 bridgehead atoms. The molecule has 1 N–H and O–H groups in total. The summed E-state index contributed by atoms with van der Waals surface area (Å²) in [6, 6.07) is 34.2. The largest absolute Gasteiger partial charge is 0.489 e. The molecule has 0 saturated carbocycles. The van der Waals surface area contributed by atoms with Gasteiger partial charge in [-0.25, -0.2) is 13.2 Å². The van der Waals surface area contributed by atoms with Gasteiger partial charge in [0.15, 0.2) is 9.84 Å². The van der Waals surface area contributed by atoms with E-state index in [2.05, 4.69) is 5.32 Å². The van der Waals surface area contributed by atoms with Crippen LogP contribution in [-0.4, -0.2) is 45.4 Å². The summed E-state index contributed by atoms with van der Waals surface area (Å²) < 4.78 is 49.7. The van der Waals surface area contributed by atoms with Gasteiger partial charge in [0.25, 0.3) is 5.91 Å². The highest BCUT2D eigenvalue weighted by molar-refractivity contribution is 7.90. The Morgan fingerprint density at radius 1 is 0.750 bits per heavy atom. The van der Waals surface area contributed by atoms with Crippen LogP contribution in [0.2, 0.25) is 10.0 Å². The number of aryl methyl sites for hydroxylation is 1. The van der Waals surface area contributed by atoms with E-state index in [1.807, 2.05) is 66.7 Å². The number of nitrogens with one attached hydrogen (secondary N) is 1. The van der Waals surface area contributed by atoms with E-state index in [4.69, 9.17) is 32.7 Å². The molecule has 0 aliphatic heterocycles. The van der Waals surface area contributed by atoms with Gasteiger partial charge >= 0.3 is 5.97 Å². The van der Waals surface area contributed by atoms with Crippen molar-refractivity contribution in [2.24, 2.45) is 0 Å². The quantitative estimate of drug-likeness (QED) is 0.0849. The van der Waals surface area contributed by atoms with Gasteiger partial charge in [-0.2, -0.15) is 0 Å². The molecular weight excluding hydrogens is 740 g/mol. The van der Waals surface area contributed by atoms with Gasteiger partial charge in [0, 0.05) is 24.1 Å². The zero-order valence-corrected chi connectivity index (χ0v) is 31.9. The number of rotatable bonds is 15. The molecule has 5 rings (SSSR count). The predicted molar refractivity (Wildman–Crippen MR) is 206 cm³/mol. The van der Waals surface area contributed by atoms with E-state index in [-0.39, 0.29) is 33.5 Å². The van der Waals surface area contributed by atoms with E-state index in [9.17, 15) is 22.6 Å². The van der Waals surface area contributed by atoms with Crippen LogP contribution in [0.1, 0.15) is 32.6 Å². The van der Waals surface area contributed by atoms with Crippen molar-refractivity contribution in [1.82, 2.24) is 5.32 Å². The number of hydrogen-bond acceptors (Lipinski definition) is 7. The average molecular weight is 779 g/mol. The zero-order chi connectivity index (χ0) is 37.3. The number of hydrogen-bond donors (Lipinski definition) is 1. The number of carbonyl (C=O) groups excluding carboxylic acids is 2. The van der Waals surface area contributed by atoms with Crippen molar-refractivity contribution in [2.45, 2.75) is 37.0 Å². The first-order valence-electron chi connectivity index (χ1n) is 16.4. The van der Waals surface area contributed by atoms with Crippen LogP contribution in [0.15, 0.2) is 126 Å². The van der Waals surface area contributed by atoms with E-state index in [0.717, 1.165) is 17.4 Å². The highest BCUT2D eigenvalue weighted by atomic mass is 35.5. The number of amides is 1. The molecule has 8 nitrogen and oxygen atoms in total. The molecule has 5 aromatic carbocycles. The Morgan fingerprint density at radius 3 is 1.98 bits per heavy atom. The second kappa shape index (κ2) is 17.4. The van der Waals surface area contributed by atoms with Crippen LogP contribution in [-0.2, 0) is 50.0 Å². The van der Waals surface area contributed by atoms with Gasteiger partial charge in [-0.1, -0.05) is 108 Å². The Labute approximate surface area is 314 Å². The highest BCUT2D eigenvalue weighted by Gasteiger charge is 2.27. The molecular formula is C40H38Cl2NO7PS. The fourth-order valence-electron chi connectivity index (χ4n) is 5.46. The van der Waals surface area contributed by atoms with E-state index in [1.165, 1.54) is 12.1 Å². The van der Waals surface area contributed by atoms with Crippen molar-refractivity contribution in [3.05, 3.63) is 159 Å². The fraction of sp³-hybridized carbons (Fsp3) is 0.200. The summed E-state index contributed by atoms with van der Waals surface area (Å²) in [4.78, 5) is 27.1. The lowest BCUT2D eigenvalue weighted by Gasteiger charge is -2.20. The molecule has 0 unspecified atom stereocenters. The van der Waals surface area contributed by atoms with Crippen molar-refractivity contribution in [1.29, 1.82) is 0 Å². The first kappa shape index (κ1) is 38.8. The Bertz CT molecular complexity index is 2180. The fourth-order valence-corrected chi connectivity index (χ4v) is 8.60. The maximum atomic E-state index is 13.9. The molecule has 0 aliphatic carbocycles. The van der Waals surface area contributed by atoms with E-state index in [0.29, 0.717) is 41.4 Å². The van der Waals surface area contributed by atoms with E-state index >= 15 is 0 Å². The molecule has 52 heavy (non-hydrogen) atoms.